The number of esters is 1. The maximum absolute atomic E-state index is 12.3. The van der Waals surface area contributed by atoms with Crippen LogP contribution in [0.3, 0.4) is 0 Å². The normalized spacial score (nSPS) is 11.4. The standard InChI is InChI=1S/C22H23NO7S/c1-3-28-17-5-7-18(8-6-17)31(26,27)23-11-10-21(24)29-14-16-13-22(25)30-20-12-15(2)4-9-19(16)20/h4-9,12-13,23H,3,10-11,14H2,1-2H3. The summed E-state index contributed by atoms with van der Waals surface area (Å²) in [6.45, 7) is 3.96. The van der Waals surface area contributed by atoms with Crippen molar-refractivity contribution in [1.82, 2.24) is 4.72 Å². The Morgan fingerprint density at radius 1 is 1.10 bits per heavy atom. The number of hydrogen-bond donors (Lipinski definition) is 1. The lowest BCUT2D eigenvalue weighted by molar-refractivity contribution is -0.144. The minimum atomic E-state index is -3.76. The molecule has 3 aromatic rings. The van der Waals surface area contributed by atoms with Gasteiger partial charge in [0.15, 0.2) is 0 Å². The van der Waals surface area contributed by atoms with Gasteiger partial charge in [-0.2, -0.15) is 0 Å². The van der Waals surface area contributed by atoms with Crippen LogP contribution in [-0.4, -0.2) is 27.5 Å². The molecule has 0 amide bonds. The number of nitrogens with one attached hydrogen (secondary N) is 1. The molecule has 8 nitrogen and oxygen atoms in total. The van der Waals surface area contributed by atoms with Gasteiger partial charge < -0.3 is 13.9 Å². The summed E-state index contributed by atoms with van der Waals surface area (Å²) >= 11 is 0. The SMILES string of the molecule is CCOc1ccc(S(=O)(=O)NCCC(=O)OCc2cc(=O)oc3cc(C)ccc23)cc1. The summed E-state index contributed by atoms with van der Waals surface area (Å²) in [4.78, 5) is 23.9. The third-order valence-electron chi connectivity index (χ3n) is 4.44. The van der Waals surface area contributed by atoms with E-state index in [-0.39, 0.29) is 24.5 Å². The first-order valence-electron chi connectivity index (χ1n) is 9.70. The largest absolute Gasteiger partial charge is 0.494 e. The highest BCUT2D eigenvalue weighted by molar-refractivity contribution is 7.89. The van der Waals surface area contributed by atoms with Gasteiger partial charge in [0.2, 0.25) is 10.0 Å². The molecular weight excluding hydrogens is 422 g/mol. The first kappa shape index (κ1) is 22.5. The second-order valence-corrected chi connectivity index (χ2v) is 8.57. The molecule has 3 rings (SSSR count). The topological polar surface area (TPSA) is 112 Å². The summed E-state index contributed by atoms with van der Waals surface area (Å²) in [5.74, 6) is -0.0226. The minimum Gasteiger partial charge on any atom is -0.494 e. The molecule has 0 bridgehead atoms. The van der Waals surface area contributed by atoms with Crippen molar-refractivity contribution in [3.05, 3.63) is 70.1 Å². The van der Waals surface area contributed by atoms with Crippen molar-refractivity contribution in [2.75, 3.05) is 13.2 Å². The lowest BCUT2D eigenvalue weighted by Gasteiger charge is -2.09. The van der Waals surface area contributed by atoms with Gasteiger partial charge in [0.1, 0.15) is 17.9 Å². The molecule has 31 heavy (non-hydrogen) atoms. The fourth-order valence-electron chi connectivity index (χ4n) is 2.94. The molecule has 0 aliphatic carbocycles. The molecule has 9 heteroatoms. The van der Waals surface area contributed by atoms with Gasteiger partial charge in [-0.25, -0.2) is 17.9 Å². The van der Waals surface area contributed by atoms with Crippen molar-refractivity contribution in [1.29, 1.82) is 0 Å². The smallest absolute Gasteiger partial charge is 0.336 e. The zero-order chi connectivity index (χ0) is 22.4. The number of carbonyl (C=O) groups is 1. The zero-order valence-corrected chi connectivity index (χ0v) is 18.0. The second kappa shape index (κ2) is 9.76. The fraction of sp³-hybridized carbons (Fsp3) is 0.273. The van der Waals surface area contributed by atoms with Crippen LogP contribution in [0, 0.1) is 6.92 Å². The van der Waals surface area contributed by atoms with E-state index in [1.54, 1.807) is 24.3 Å². The molecule has 0 saturated heterocycles. The van der Waals surface area contributed by atoms with Crippen molar-refractivity contribution < 1.29 is 27.1 Å². The lowest BCUT2D eigenvalue weighted by atomic mass is 10.1. The van der Waals surface area contributed by atoms with E-state index in [1.165, 1.54) is 18.2 Å². The molecule has 2 aromatic carbocycles. The van der Waals surface area contributed by atoms with Crippen molar-refractivity contribution in [2.24, 2.45) is 0 Å². The Balaban J connectivity index is 1.55. The summed E-state index contributed by atoms with van der Waals surface area (Å²) in [5.41, 5.74) is 1.34. The van der Waals surface area contributed by atoms with Crippen LogP contribution in [0.2, 0.25) is 0 Å². The van der Waals surface area contributed by atoms with E-state index in [4.69, 9.17) is 13.9 Å². The number of carbonyl (C=O) groups excluding carboxylic acids is 1. The van der Waals surface area contributed by atoms with Gasteiger partial charge in [-0.05, 0) is 49.7 Å². The Morgan fingerprint density at radius 3 is 2.55 bits per heavy atom. The van der Waals surface area contributed by atoms with Crippen molar-refractivity contribution in [3.8, 4) is 5.75 Å². The second-order valence-electron chi connectivity index (χ2n) is 6.80. The number of sulfonamides is 1. The van der Waals surface area contributed by atoms with Crippen LogP contribution in [0.15, 0.2) is 62.6 Å². The van der Waals surface area contributed by atoms with Crippen LogP contribution < -0.4 is 15.1 Å². The van der Waals surface area contributed by atoms with Gasteiger partial charge in [-0.3, -0.25) is 4.79 Å². The Labute approximate surface area is 179 Å². The molecule has 0 aliphatic rings. The molecule has 0 radical (unpaired) electrons. The van der Waals surface area contributed by atoms with E-state index in [1.807, 2.05) is 19.9 Å². The highest BCUT2D eigenvalue weighted by atomic mass is 32.2. The van der Waals surface area contributed by atoms with E-state index in [0.717, 1.165) is 5.56 Å². The minimum absolute atomic E-state index is 0.0714. The van der Waals surface area contributed by atoms with Crippen LogP contribution in [0.1, 0.15) is 24.5 Å². The lowest BCUT2D eigenvalue weighted by Crippen LogP contribution is -2.26. The van der Waals surface area contributed by atoms with Gasteiger partial charge in [0.05, 0.1) is 17.9 Å². The molecule has 1 heterocycles. The van der Waals surface area contributed by atoms with E-state index in [2.05, 4.69) is 4.72 Å². The number of rotatable bonds is 9. The highest BCUT2D eigenvalue weighted by Crippen LogP contribution is 2.19. The molecule has 0 fully saturated rings. The first-order chi connectivity index (χ1) is 14.8. The van der Waals surface area contributed by atoms with Gasteiger partial charge in [0, 0.05) is 23.6 Å². The Bertz CT molecular complexity index is 1230. The number of ether oxygens (including phenoxy) is 2. The molecule has 0 saturated carbocycles. The summed E-state index contributed by atoms with van der Waals surface area (Å²) in [6.07, 6.45) is -0.158. The average molecular weight is 445 g/mol. The Morgan fingerprint density at radius 2 is 1.84 bits per heavy atom. The van der Waals surface area contributed by atoms with E-state index < -0.39 is 21.6 Å². The van der Waals surface area contributed by atoms with Crippen molar-refractivity contribution >= 4 is 27.0 Å². The quantitative estimate of drug-likeness (QED) is 0.398. The fourth-order valence-corrected chi connectivity index (χ4v) is 3.97. The third-order valence-corrected chi connectivity index (χ3v) is 5.92. The molecule has 0 aliphatic heterocycles. The molecule has 1 N–H and O–H groups in total. The number of aryl methyl sites for hydroxylation is 1. The van der Waals surface area contributed by atoms with Crippen molar-refractivity contribution in [2.45, 2.75) is 31.8 Å². The van der Waals surface area contributed by atoms with E-state index >= 15 is 0 Å². The predicted molar refractivity (Wildman–Crippen MR) is 114 cm³/mol. The first-order valence-corrected chi connectivity index (χ1v) is 11.2. The zero-order valence-electron chi connectivity index (χ0n) is 17.2. The van der Waals surface area contributed by atoms with Crippen LogP contribution >= 0.6 is 0 Å². The van der Waals surface area contributed by atoms with Crippen LogP contribution in [0.5, 0.6) is 5.75 Å². The van der Waals surface area contributed by atoms with Gasteiger partial charge in [-0.1, -0.05) is 12.1 Å². The number of hydrogen-bond acceptors (Lipinski definition) is 7. The van der Waals surface area contributed by atoms with Gasteiger partial charge >= 0.3 is 11.6 Å². The monoisotopic (exact) mass is 445 g/mol. The molecule has 0 atom stereocenters. The highest BCUT2D eigenvalue weighted by Gasteiger charge is 2.15. The predicted octanol–water partition coefficient (Wildman–Crippen LogP) is 2.91. The summed E-state index contributed by atoms with van der Waals surface area (Å²) in [6, 6.07) is 12.7. The average Bonchev–Trinajstić information content (AvgIpc) is 2.72. The van der Waals surface area contributed by atoms with Crippen LogP contribution in [0.4, 0.5) is 0 Å². The summed E-state index contributed by atoms with van der Waals surface area (Å²) in [7, 11) is -3.76. The molecule has 0 spiro atoms. The third kappa shape index (κ3) is 5.93. The number of fused-ring (bicyclic) bond motifs is 1. The van der Waals surface area contributed by atoms with E-state index in [0.29, 0.717) is 28.9 Å². The maximum atomic E-state index is 12.3. The Kier molecular flexibility index (Phi) is 7.09. The van der Waals surface area contributed by atoms with Crippen molar-refractivity contribution in [3.63, 3.8) is 0 Å². The maximum Gasteiger partial charge on any atom is 0.336 e. The van der Waals surface area contributed by atoms with Gasteiger partial charge in [-0.15, -0.1) is 0 Å². The molecule has 1 aromatic heterocycles. The van der Waals surface area contributed by atoms with Gasteiger partial charge in [0.25, 0.3) is 0 Å². The molecule has 0 unspecified atom stereocenters. The summed E-state index contributed by atoms with van der Waals surface area (Å²) in [5, 5.41) is 0.675. The molecule has 164 valence electrons. The summed E-state index contributed by atoms with van der Waals surface area (Å²) < 4.78 is 42.7. The molecular formula is C22H23NO7S. The number of benzene rings is 2. The van der Waals surface area contributed by atoms with Crippen LogP contribution in [-0.2, 0) is 26.2 Å². The Hall–Kier alpha value is -3.17. The van der Waals surface area contributed by atoms with Crippen LogP contribution in [0.25, 0.3) is 11.0 Å². The van der Waals surface area contributed by atoms with E-state index in [9.17, 15) is 18.0 Å².